The molecular weight excluding hydrogens is 295 g/mol. The molecule has 0 aliphatic rings. The summed E-state index contributed by atoms with van der Waals surface area (Å²) in [6, 6.07) is 8.76. The average molecular weight is 307 g/mol. The smallest absolute Gasteiger partial charge is 0.151 e. The van der Waals surface area contributed by atoms with Gasteiger partial charge in [-0.15, -0.1) is 0 Å². The molecule has 2 rings (SSSR count). The maximum Gasteiger partial charge on any atom is 0.151 e. The van der Waals surface area contributed by atoms with Gasteiger partial charge in [0.2, 0.25) is 0 Å². The number of nitriles is 1. The summed E-state index contributed by atoms with van der Waals surface area (Å²) in [7, 11) is 0. The van der Waals surface area contributed by atoms with Crippen molar-refractivity contribution in [2.24, 2.45) is 0 Å². The second-order valence-corrected chi connectivity index (χ2v) is 5.27. The quantitative estimate of drug-likeness (QED) is 0.806. The molecule has 0 heterocycles. The van der Waals surface area contributed by atoms with E-state index in [-0.39, 0.29) is 0 Å². The van der Waals surface area contributed by atoms with Crippen LogP contribution in [-0.4, -0.2) is 0 Å². The number of aryl methyl sites for hydroxylation is 2. The maximum absolute atomic E-state index is 8.94. The van der Waals surface area contributed by atoms with Crippen LogP contribution < -0.4 is 10.5 Å². The number of nitrogens with zero attached hydrogens (tertiary/aromatic N) is 1. The van der Waals surface area contributed by atoms with E-state index in [1.165, 1.54) is 0 Å². The molecule has 0 spiro atoms. The van der Waals surface area contributed by atoms with E-state index in [1.807, 2.05) is 13.8 Å². The first-order valence-electron chi connectivity index (χ1n) is 5.86. The molecule has 0 aliphatic heterocycles. The second-order valence-electron chi connectivity index (χ2n) is 4.46. The van der Waals surface area contributed by atoms with Crippen LogP contribution in [0.4, 0.5) is 5.69 Å². The standard InChI is InChI=1S/C15H12Cl2N2O/c1-8-3-10(7-18)4-9(2)15(8)20-14-6-12(17)11(16)5-13(14)19/h3-6H,19H2,1-2H3. The van der Waals surface area contributed by atoms with E-state index in [2.05, 4.69) is 6.07 Å². The molecule has 0 aromatic heterocycles. The van der Waals surface area contributed by atoms with Gasteiger partial charge < -0.3 is 10.5 Å². The Balaban J connectivity index is 2.46. The van der Waals surface area contributed by atoms with Crippen molar-refractivity contribution >= 4 is 28.9 Å². The average Bonchev–Trinajstić information content (AvgIpc) is 2.39. The summed E-state index contributed by atoms with van der Waals surface area (Å²) in [5.41, 5.74) is 8.58. The minimum atomic E-state index is 0.375. The first kappa shape index (κ1) is 14.5. The lowest BCUT2D eigenvalue weighted by Crippen LogP contribution is -1.96. The first-order chi connectivity index (χ1) is 9.42. The normalized spacial score (nSPS) is 10.2. The Labute approximate surface area is 127 Å². The van der Waals surface area contributed by atoms with Gasteiger partial charge in [0.25, 0.3) is 0 Å². The molecule has 3 nitrogen and oxygen atoms in total. The number of rotatable bonds is 2. The van der Waals surface area contributed by atoms with Crippen LogP contribution >= 0.6 is 23.2 Å². The number of ether oxygens (including phenoxy) is 1. The predicted molar refractivity (Wildman–Crippen MR) is 81.6 cm³/mol. The highest BCUT2D eigenvalue weighted by Crippen LogP contribution is 2.37. The number of anilines is 1. The van der Waals surface area contributed by atoms with Crippen LogP contribution in [0.2, 0.25) is 10.0 Å². The van der Waals surface area contributed by atoms with Crippen molar-refractivity contribution in [3.63, 3.8) is 0 Å². The fourth-order valence-electron chi connectivity index (χ4n) is 1.92. The van der Waals surface area contributed by atoms with E-state index in [4.69, 9.17) is 38.9 Å². The van der Waals surface area contributed by atoms with E-state index in [1.54, 1.807) is 24.3 Å². The van der Waals surface area contributed by atoms with Crippen molar-refractivity contribution in [3.05, 3.63) is 51.0 Å². The summed E-state index contributed by atoms with van der Waals surface area (Å²) in [6.45, 7) is 3.74. The predicted octanol–water partition coefficient (Wildman–Crippen LogP) is 4.86. The molecule has 2 N–H and O–H groups in total. The molecule has 0 fully saturated rings. The van der Waals surface area contributed by atoms with Gasteiger partial charge >= 0.3 is 0 Å². The molecule has 0 atom stereocenters. The zero-order valence-corrected chi connectivity index (χ0v) is 12.5. The SMILES string of the molecule is Cc1cc(C#N)cc(C)c1Oc1cc(Cl)c(Cl)cc1N. The van der Waals surface area contributed by atoms with Gasteiger partial charge in [-0.05, 0) is 43.2 Å². The molecule has 0 bridgehead atoms. The van der Waals surface area contributed by atoms with Gasteiger partial charge in [-0.3, -0.25) is 0 Å². The highest BCUT2D eigenvalue weighted by atomic mass is 35.5. The van der Waals surface area contributed by atoms with Crippen molar-refractivity contribution in [3.8, 4) is 17.6 Å². The summed E-state index contributed by atoms with van der Waals surface area (Å²) >= 11 is 11.9. The summed E-state index contributed by atoms with van der Waals surface area (Å²) < 4.78 is 5.83. The van der Waals surface area contributed by atoms with Gasteiger partial charge in [0.1, 0.15) is 5.75 Å². The zero-order chi connectivity index (χ0) is 14.9. The highest BCUT2D eigenvalue weighted by Gasteiger charge is 2.11. The third-order valence-corrected chi connectivity index (χ3v) is 3.58. The lowest BCUT2D eigenvalue weighted by atomic mass is 10.1. The first-order valence-corrected chi connectivity index (χ1v) is 6.61. The fraction of sp³-hybridized carbons (Fsp3) is 0.133. The van der Waals surface area contributed by atoms with Crippen LogP contribution in [0.15, 0.2) is 24.3 Å². The van der Waals surface area contributed by atoms with Crippen LogP contribution in [0.1, 0.15) is 16.7 Å². The minimum Gasteiger partial charge on any atom is -0.455 e. The van der Waals surface area contributed by atoms with E-state index < -0.39 is 0 Å². The second kappa shape index (κ2) is 5.62. The van der Waals surface area contributed by atoms with Crippen molar-refractivity contribution in [2.45, 2.75) is 13.8 Å². The molecule has 20 heavy (non-hydrogen) atoms. The molecule has 2 aromatic rings. The number of benzene rings is 2. The molecular formula is C15H12Cl2N2O. The van der Waals surface area contributed by atoms with Crippen LogP contribution in [0.25, 0.3) is 0 Å². The lowest BCUT2D eigenvalue weighted by molar-refractivity contribution is 0.477. The van der Waals surface area contributed by atoms with Gasteiger partial charge in [0.15, 0.2) is 5.75 Å². The Morgan fingerprint density at radius 3 is 2.15 bits per heavy atom. The van der Waals surface area contributed by atoms with Crippen LogP contribution in [0.3, 0.4) is 0 Å². The third kappa shape index (κ3) is 2.82. The van der Waals surface area contributed by atoms with Gasteiger partial charge in [0, 0.05) is 6.07 Å². The van der Waals surface area contributed by atoms with Gasteiger partial charge in [-0.1, -0.05) is 23.2 Å². The van der Waals surface area contributed by atoms with Crippen LogP contribution in [-0.2, 0) is 0 Å². The Morgan fingerprint density at radius 1 is 1.05 bits per heavy atom. The summed E-state index contributed by atoms with van der Waals surface area (Å²) in [6.07, 6.45) is 0. The van der Waals surface area contributed by atoms with Crippen molar-refractivity contribution in [1.82, 2.24) is 0 Å². The van der Waals surface area contributed by atoms with E-state index >= 15 is 0 Å². The zero-order valence-electron chi connectivity index (χ0n) is 11.0. The van der Waals surface area contributed by atoms with Crippen LogP contribution in [0.5, 0.6) is 11.5 Å². The molecule has 0 radical (unpaired) electrons. The van der Waals surface area contributed by atoms with Crippen molar-refractivity contribution in [2.75, 3.05) is 5.73 Å². The van der Waals surface area contributed by atoms with E-state index in [0.717, 1.165) is 11.1 Å². The Kier molecular flexibility index (Phi) is 4.08. The largest absolute Gasteiger partial charge is 0.455 e. The van der Waals surface area contributed by atoms with Gasteiger partial charge in [-0.2, -0.15) is 5.26 Å². The summed E-state index contributed by atoms with van der Waals surface area (Å²) in [4.78, 5) is 0. The number of hydrogen-bond acceptors (Lipinski definition) is 3. The van der Waals surface area contributed by atoms with Gasteiger partial charge in [0.05, 0.1) is 27.4 Å². The highest BCUT2D eigenvalue weighted by molar-refractivity contribution is 6.42. The summed E-state index contributed by atoms with van der Waals surface area (Å²) in [5.74, 6) is 1.10. The third-order valence-electron chi connectivity index (χ3n) is 2.85. The maximum atomic E-state index is 8.94. The van der Waals surface area contributed by atoms with Crippen molar-refractivity contribution in [1.29, 1.82) is 5.26 Å². The number of halogens is 2. The molecule has 2 aromatic carbocycles. The molecule has 5 heteroatoms. The van der Waals surface area contributed by atoms with E-state index in [0.29, 0.717) is 32.8 Å². The molecule has 102 valence electrons. The topological polar surface area (TPSA) is 59.0 Å². The molecule has 0 unspecified atom stereocenters. The fourth-order valence-corrected chi connectivity index (χ4v) is 2.24. The summed E-state index contributed by atoms with van der Waals surface area (Å²) in [5, 5.41) is 9.69. The molecule has 0 saturated heterocycles. The molecule has 0 aliphatic carbocycles. The Hall–Kier alpha value is -1.89. The molecule has 0 saturated carbocycles. The Morgan fingerprint density at radius 2 is 1.60 bits per heavy atom. The van der Waals surface area contributed by atoms with Crippen LogP contribution in [0, 0.1) is 25.2 Å². The van der Waals surface area contributed by atoms with Gasteiger partial charge in [-0.25, -0.2) is 0 Å². The number of nitrogen functional groups attached to an aromatic ring is 1. The molecule has 0 amide bonds. The number of hydrogen-bond donors (Lipinski definition) is 1. The lowest BCUT2D eigenvalue weighted by Gasteiger charge is -2.14. The van der Waals surface area contributed by atoms with Crippen molar-refractivity contribution < 1.29 is 4.74 Å². The minimum absolute atomic E-state index is 0.375. The Bertz CT molecular complexity index is 698. The van der Waals surface area contributed by atoms with E-state index in [9.17, 15) is 0 Å². The monoisotopic (exact) mass is 306 g/mol. The number of nitrogens with two attached hydrogens (primary N) is 1.